The van der Waals surface area contributed by atoms with Gasteiger partial charge in [0.15, 0.2) is 0 Å². The van der Waals surface area contributed by atoms with Crippen LogP contribution in [0.2, 0.25) is 0 Å². The Labute approximate surface area is 105 Å². The maximum absolute atomic E-state index is 5.86. The quantitative estimate of drug-likeness (QED) is 0.816. The van der Waals surface area contributed by atoms with Crippen LogP contribution in [0.1, 0.15) is 27.7 Å². The van der Waals surface area contributed by atoms with Crippen molar-refractivity contribution in [3.05, 3.63) is 18.2 Å². The lowest BCUT2D eigenvalue weighted by atomic mass is 9.96. The second kappa shape index (κ2) is 5.30. The van der Waals surface area contributed by atoms with E-state index < -0.39 is 0 Å². The Morgan fingerprint density at radius 3 is 2.47 bits per heavy atom. The SMILES string of the molecule is CCOc1cc(N(C)CC(C)(C)C)ccc1N. The fraction of sp³-hybridized carbons (Fsp3) is 0.571. The van der Waals surface area contributed by atoms with Crippen LogP contribution in [0.3, 0.4) is 0 Å². The lowest BCUT2D eigenvalue weighted by Crippen LogP contribution is -2.29. The van der Waals surface area contributed by atoms with Gasteiger partial charge >= 0.3 is 0 Å². The van der Waals surface area contributed by atoms with E-state index in [4.69, 9.17) is 10.5 Å². The Balaban J connectivity index is 2.87. The van der Waals surface area contributed by atoms with Gasteiger partial charge in [0, 0.05) is 25.3 Å². The highest BCUT2D eigenvalue weighted by Crippen LogP contribution is 2.28. The van der Waals surface area contributed by atoms with Crippen LogP contribution >= 0.6 is 0 Å². The molecule has 3 heteroatoms. The van der Waals surface area contributed by atoms with Crippen LogP contribution < -0.4 is 15.4 Å². The predicted molar refractivity (Wildman–Crippen MR) is 74.7 cm³/mol. The van der Waals surface area contributed by atoms with Crippen molar-refractivity contribution >= 4 is 11.4 Å². The van der Waals surface area contributed by atoms with Gasteiger partial charge in [0.05, 0.1) is 12.3 Å². The summed E-state index contributed by atoms with van der Waals surface area (Å²) in [5, 5.41) is 0. The Hall–Kier alpha value is -1.38. The van der Waals surface area contributed by atoms with E-state index in [1.807, 2.05) is 25.1 Å². The molecular formula is C14H24N2O. The first kappa shape index (κ1) is 13.7. The molecule has 0 saturated carbocycles. The minimum Gasteiger partial charge on any atom is -0.492 e. The second-order valence-electron chi connectivity index (χ2n) is 5.57. The smallest absolute Gasteiger partial charge is 0.144 e. The van der Waals surface area contributed by atoms with Gasteiger partial charge in [-0.3, -0.25) is 0 Å². The zero-order valence-electron chi connectivity index (χ0n) is 11.6. The molecule has 0 fully saturated rings. The number of nitrogens with two attached hydrogens (primary N) is 1. The third kappa shape index (κ3) is 4.17. The van der Waals surface area contributed by atoms with E-state index in [9.17, 15) is 0 Å². The normalized spacial score (nSPS) is 11.4. The van der Waals surface area contributed by atoms with Gasteiger partial charge in [0.1, 0.15) is 5.75 Å². The molecule has 17 heavy (non-hydrogen) atoms. The molecule has 1 rings (SSSR count). The van der Waals surface area contributed by atoms with E-state index in [1.165, 1.54) is 0 Å². The molecule has 0 heterocycles. The summed E-state index contributed by atoms with van der Waals surface area (Å²) in [5.74, 6) is 0.769. The van der Waals surface area contributed by atoms with Crippen LogP contribution in [-0.2, 0) is 0 Å². The van der Waals surface area contributed by atoms with Gasteiger partial charge < -0.3 is 15.4 Å². The zero-order valence-corrected chi connectivity index (χ0v) is 11.6. The molecule has 0 aliphatic carbocycles. The van der Waals surface area contributed by atoms with Gasteiger partial charge in [0.2, 0.25) is 0 Å². The van der Waals surface area contributed by atoms with Gasteiger partial charge in [-0.1, -0.05) is 20.8 Å². The van der Waals surface area contributed by atoms with Crippen molar-refractivity contribution in [1.29, 1.82) is 0 Å². The summed E-state index contributed by atoms with van der Waals surface area (Å²) >= 11 is 0. The summed E-state index contributed by atoms with van der Waals surface area (Å²) in [6, 6.07) is 5.94. The first-order valence-electron chi connectivity index (χ1n) is 6.07. The van der Waals surface area contributed by atoms with Crippen LogP contribution in [0.25, 0.3) is 0 Å². The topological polar surface area (TPSA) is 38.5 Å². The molecule has 0 spiro atoms. The summed E-state index contributed by atoms with van der Waals surface area (Å²) < 4.78 is 5.51. The average Bonchev–Trinajstić information content (AvgIpc) is 2.19. The summed E-state index contributed by atoms with van der Waals surface area (Å²) in [6.45, 7) is 10.3. The Bertz CT molecular complexity index is 369. The van der Waals surface area contributed by atoms with Crippen molar-refractivity contribution in [2.75, 3.05) is 30.8 Å². The maximum Gasteiger partial charge on any atom is 0.144 e. The van der Waals surface area contributed by atoms with E-state index in [2.05, 4.69) is 32.7 Å². The van der Waals surface area contributed by atoms with Crippen LogP contribution in [0.5, 0.6) is 5.75 Å². The highest BCUT2D eigenvalue weighted by molar-refractivity contribution is 5.62. The zero-order chi connectivity index (χ0) is 13.1. The van der Waals surface area contributed by atoms with E-state index in [0.717, 1.165) is 18.0 Å². The van der Waals surface area contributed by atoms with Crippen molar-refractivity contribution < 1.29 is 4.74 Å². The van der Waals surface area contributed by atoms with Crippen LogP contribution in [0.4, 0.5) is 11.4 Å². The van der Waals surface area contributed by atoms with Gasteiger partial charge in [0.25, 0.3) is 0 Å². The number of nitrogens with zero attached hydrogens (tertiary/aromatic N) is 1. The molecule has 96 valence electrons. The summed E-state index contributed by atoms with van der Waals surface area (Å²) in [7, 11) is 2.09. The van der Waals surface area contributed by atoms with E-state index >= 15 is 0 Å². The summed E-state index contributed by atoms with van der Waals surface area (Å²) in [5.41, 5.74) is 7.96. The Morgan fingerprint density at radius 2 is 1.94 bits per heavy atom. The van der Waals surface area contributed by atoms with Gasteiger partial charge in [-0.05, 0) is 24.5 Å². The van der Waals surface area contributed by atoms with Crippen molar-refractivity contribution in [3.63, 3.8) is 0 Å². The van der Waals surface area contributed by atoms with Crippen LogP contribution in [0, 0.1) is 5.41 Å². The Morgan fingerprint density at radius 1 is 1.29 bits per heavy atom. The molecule has 0 aromatic heterocycles. The van der Waals surface area contributed by atoms with Crippen molar-refractivity contribution in [2.45, 2.75) is 27.7 Å². The number of hydrogen-bond donors (Lipinski definition) is 1. The van der Waals surface area contributed by atoms with Gasteiger partial charge in [-0.25, -0.2) is 0 Å². The molecule has 2 N–H and O–H groups in total. The lowest BCUT2D eigenvalue weighted by molar-refractivity contribution is 0.342. The Kier molecular flexibility index (Phi) is 4.27. The number of benzene rings is 1. The molecule has 3 nitrogen and oxygen atoms in total. The molecule has 0 bridgehead atoms. The number of rotatable bonds is 4. The summed E-state index contributed by atoms with van der Waals surface area (Å²) in [6.07, 6.45) is 0. The molecule has 0 aliphatic rings. The highest BCUT2D eigenvalue weighted by atomic mass is 16.5. The monoisotopic (exact) mass is 236 g/mol. The fourth-order valence-electron chi connectivity index (χ4n) is 1.84. The van der Waals surface area contributed by atoms with Crippen molar-refractivity contribution in [2.24, 2.45) is 5.41 Å². The maximum atomic E-state index is 5.86. The third-order valence-electron chi connectivity index (χ3n) is 2.45. The number of ether oxygens (including phenoxy) is 1. The minimum atomic E-state index is 0.266. The first-order chi connectivity index (χ1) is 7.83. The van der Waals surface area contributed by atoms with Crippen LogP contribution in [0.15, 0.2) is 18.2 Å². The standard InChI is InChI=1S/C14H24N2O/c1-6-17-13-9-11(7-8-12(13)15)16(5)10-14(2,3)4/h7-9H,6,10,15H2,1-5H3. The molecule has 0 unspecified atom stereocenters. The number of anilines is 2. The third-order valence-corrected chi connectivity index (χ3v) is 2.45. The molecule has 0 aliphatic heterocycles. The summed E-state index contributed by atoms with van der Waals surface area (Å²) in [4.78, 5) is 2.22. The van der Waals surface area contributed by atoms with Crippen LogP contribution in [-0.4, -0.2) is 20.2 Å². The highest BCUT2D eigenvalue weighted by Gasteiger charge is 2.14. The van der Waals surface area contributed by atoms with E-state index in [1.54, 1.807) is 0 Å². The van der Waals surface area contributed by atoms with E-state index in [0.29, 0.717) is 12.3 Å². The molecule has 0 atom stereocenters. The van der Waals surface area contributed by atoms with Crippen molar-refractivity contribution in [1.82, 2.24) is 0 Å². The largest absolute Gasteiger partial charge is 0.492 e. The molecule has 0 amide bonds. The predicted octanol–water partition coefficient (Wildman–Crippen LogP) is 3.15. The molecule has 1 aromatic carbocycles. The number of nitrogen functional groups attached to an aromatic ring is 1. The minimum absolute atomic E-state index is 0.266. The van der Waals surface area contributed by atoms with E-state index in [-0.39, 0.29) is 5.41 Å². The molecular weight excluding hydrogens is 212 g/mol. The second-order valence-corrected chi connectivity index (χ2v) is 5.57. The van der Waals surface area contributed by atoms with Gasteiger partial charge in [-0.2, -0.15) is 0 Å². The first-order valence-corrected chi connectivity index (χ1v) is 6.07. The molecule has 0 radical (unpaired) electrons. The lowest BCUT2D eigenvalue weighted by Gasteiger charge is -2.28. The number of hydrogen-bond acceptors (Lipinski definition) is 3. The van der Waals surface area contributed by atoms with Gasteiger partial charge in [-0.15, -0.1) is 0 Å². The fourth-order valence-corrected chi connectivity index (χ4v) is 1.84. The molecule has 1 aromatic rings. The van der Waals surface area contributed by atoms with Crippen molar-refractivity contribution in [3.8, 4) is 5.75 Å². The molecule has 0 saturated heterocycles. The average molecular weight is 236 g/mol.